The Hall–Kier alpha value is -0.870. The summed E-state index contributed by atoms with van der Waals surface area (Å²) in [6.07, 6.45) is -2.00. The third-order valence-electron chi connectivity index (χ3n) is 2.71. The first-order valence-corrected chi connectivity index (χ1v) is 7.11. The standard InChI is InChI=1S/C15H20F2OS/c1-10(2)4-9-13(14(18)15(16)17)19-12-7-5-11(3)6-8-12/h4-8,13-15,18H,9H2,1-3H3/t13-,14-/m0/s1. The fourth-order valence-corrected chi connectivity index (χ4v) is 2.66. The van der Waals surface area contributed by atoms with Crippen molar-refractivity contribution in [2.24, 2.45) is 0 Å². The molecule has 0 heterocycles. The van der Waals surface area contributed by atoms with Crippen molar-refractivity contribution in [3.05, 3.63) is 41.5 Å². The van der Waals surface area contributed by atoms with Crippen LogP contribution in [0.15, 0.2) is 40.8 Å². The number of aryl methyl sites for hydroxylation is 1. The summed E-state index contributed by atoms with van der Waals surface area (Å²) in [7, 11) is 0. The normalized spacial score (nSPS) is 14.3. The van der Waals surface area contributed by atoms with Crippen molar-refractivity contribution in [2.75, 3.05) is 0 Å². The number of alkyl halides is 2. The fraction of sp³-hybridized carbons (Fsp3) is 0.467. The van der Waals surface area contributed by atoms with Gasteiger partial charge in [-0.05, 0) is 39.3 Å². The highest BCUT2D eigenvalue weighted by Gasteiger charge is 2.27. The first-order chi connectivity index (χ1) is 8.90. The molecule has 4 heteroatoms. The summed E-state index contributed by atoms with van der Waals surface area (Å²) in [6, 6.07) is 7.67. The molecule has 106 valence electrons. The van der Waals surface area contributed by atoms with Crippen molar-refractivity contribution in [1.82, 2.24) is 0 Å². The number of aliphatic hydroxyl groups is 1. The second kappa shape index (κ2) is 7.65. The van der Waals surface area contributed by atoms with E-state index in [9.17, 15) is 13.9 Å². The maximum atomic E-state index is 12.7. The molecule has 0 aromatic heterocycles. The zero-order valence-corrected chi connectivity index (χ0v) is 12.3. The molecule has 0 aliphatic heterocycles. The summed E-state index contributed by atoms with van der Waals surface area (Å²) in [5.74, 6) is 0. The van der Waals surface area contributed by atoms with Crippen molar-refractivity contribution >= 4 is 11.8 Å². The van der Waals surface area contributed by atoms with Crippen molar-refractivity contribution in [3.8, 4) is 0 Å². The van der Waals surface area contributed by atoms with Gasteiger partial charge in [0.15, 0.2) is 0 Å². The molecule has 0 bridgehead atoms. The van der Waals surface area contributed by atoms with Crippen molar-refractivity contribution in [3.63, 3.8) is 0 Å². The van der Waals surface area contributed by atoms with Crippen LogP contribution in [0, 0.1) is 6.92 Å². The number of benzene rings is 1. The average Bonchev–Trinajstić information content (AvgIpc) is 2.35. The Morgan fingerprint density at radius 1 is 1.26 bits per heavy atom. The largest absolute Gasteiger partial charge is 0.386 e. The van der Waals surface area contributed by atoms with Crippen LogP contribution >= 0.6 is 11.8 Å². The fourth-order valence-electron chi connectivity index (χ4n) is 1.56. The van der Waals surface area contributed by atoms with E-state index in [0.717, 1.165) is 16.0 Å². The highest BCUT2D eigenvalue weighted by atomic mass is 32.2. The Bertz CT molecular complexity index is 411. The number of halogens is 2. The van der Waals surface area contributed by atoms with Crippen LogP contribution in [-0.4, -0.2) is 22.9 Å². The first-order valence-electron chi connectivity index (χ1n) is 6.23. The molecular formula is C15H20F2OS. The summed E-state index contributed by atoms with van der Waals surface area (Å²) >= 11 is 1.30. The molecule has 2 atom stereocenters. The molecule has 0 radical (unpaired) electrons. The van der Waals surface area contributed by atoms with Crippen LogP contribution in [0.1, 0.15) is 25.8 Å². The molecule has 0 saturated heterocycles. The van der Waals surface area contributed by atoms with Gasteiger partial charge in [0.05, 0.1) is 0 Å². The van der Waals surface area contributed by atoms with Gasteiger partial charge >= 0.3 is 0 Å². The Labute approximate surface area is 117 Å². The number of hydrogen-bond acceptors (Lipinski definition) is 2. The molecule has 1 N–H and O–H groups in total. The van der Waals surface area contributed by atoms with Crippen molar-refractivity contribution in [2.45, 2.75) is 49.9 Å². The second-order valence-corrected chi connectivity index (χ2v) is 6.12. The van der Waals surface area contributed by atoms with Gasteiger partial charge in [0.25, 0.3) is 6.43 Å². The van der Waals surface area contributed by atoms with Crippen molar-refractivity contribution < 1.29 is 13.9 Å². The summed E-state index contributed by atoms with van der Waals surface area (Å²) in [5, 5.41) is 9.08. The van der Waals surface area contributed by atoms with Gasteiger partial charge in [-0.15, -0.1) is 11.8 Å². The summed E-state index contributed by atoms with van der Waals surface area (Å²) in [6.45, 7) is 5.81. The SMILES string of the molecule is CC(C)=CC[C@H](Sc1ccc(C)cc1)[C@H](O)C(F)F. The molecule has 0 aliphatic rings. The van der Waals surface area contributed by atoms with E-state index in [2.05, 4.69) is 0 Å². The van der Waals surface area contributed by atoms with E-state index in [-0.39, 0.29) is 0 Å². The number of hydrogen-bond donors (Lipinski definition) is 1. The molecule has 0 amide bonds. The molecule has 0 saturated carbocycles. The molecule has 1 rings (SSSR count). The zero-order chi connectivity index (χ0) is 14.4. The molecule has 0 fully saturated rings. The van der Waals surface area contributed by atoms with Gasteiger partial charge < -0.3 is 5.11 Å². The topological polar surface area (TPSA) is 20.2 Å². The quantitative estimate of drug-likeness (QED) is 0.616. The lowest BCUT2D eigenvalue weighted by Crippen LogP contribution is -2.30. The second-order valence-electron chi connectivity index (χ2n) is 4.81. The molecular weight excluding hydrogens is 266 g/mol. The van der Waals surface area contributed by atoms with E-state index in [0.29, 0.717) is 6.42 Å². The van der Waals surface area contributed by atoms with E-state index in [4.69, 9.17) is 0 Å². The van der Waals surface area contributed by atoms with Crippen LogP contribution in [0.4, 0.5) is 8.78 Å². The van der Waals surface area contributed by atoms with Crippen LogP contribution in [-0.2, 0) is 0 Å². The predicted molar refractivity (Wildman–Crippen MR) is 76.9 cm³/mol. The minimum atomic E-state index is -2.71. The van der Waals surface area contributed by atoms with E-state index < -0.39 is 17.8 Å². The van der Waals surface area contributed by atoms with Crippen LogP contribution in [0.2, 0.25) is 0 Å². The van der Waals surface area contributed by atoms with Crippen LogP contribution in [0.25, 0.3) is 0 Å². The van der Waals surface area contributed by atoms with Crippen LogP contribution < -0.4 is 0 Å². The lowest BCUT2D eigenvalue weighted by Gasteiger charge is -2.21. The minimum absolute atomic E-state index is 0.437. The van der Waals surface area contributed by atoms with Gasteiger partial charge in [0.2, 0.25) is 0 Å². The third kappa shape index (κ3) is 5.74. The highest BCUT2D eigenvalue weighted by Crippen LogP contribution is 2.30. The van der Waals surface area contributed by atoms with Gasteiger partial charge in [-0.1, -0.05) is 29.3 Å². The van der Waals surface area contributed by atoms with E-state index >= 15 is 0 Å². The van der Waals surface area contributed by atoms with Gasteiger partial charge in [-0.2, -0.15) is 0 Å². The van der Waals surface area contributed by atoms with E-state index in [1.807, 2.05) is 51.1 Å². The summed E-state index contributed by atoms with van der Waals surface area (Å²) in [5.41, 5.74) is 2.19. The Morgan fingerprint density at radius 2 is 1.84 bits per heavy atom. The highest BCUT2D eigenvalue weighted by molar-refractivity contribution is 8.00. The van der Waals surface area contributed by atoms with Crippen LogP contribution in [0.5, 0.6) is 0 Å². The van der Waals surface area contributed by atoms with Gasteiger partial charge in [-0.3, -0.25) is 0 Å². The van der Waals surface area contributed by atoms with Gasteiger partial charge in [-0.25, -0.2) is 8.78 Å². The van der Waals surface area contributed by atoms with E-state index in [1.54, 1.807) is 0 Å². The molecule has 1 aromatic rings. The van der Waals surface area contributed by atoms with Gasteiger partial charge in [0.1, 0.15) is 6.10 Å². The number of thioether (sulfide) groups is 1. The molecule has 0 aliphatic carbocycles. The molecule has 0 spiro atoms. The third-order valence-corrected chi connectivity index (χ3v) is 4.02. The Morgan fingerprint density at radius 3 is 2.32 bits per heavy atom. The maximum Gasteiger partial charge on any atom is 0.265 e. The van der Waals surface area contributed by atoms with Crippen molar-refractivity contribution in [1.29, 1.82) is 0 Å². The summed E-state index contributed by atoms with van der Waals surface area (Å²) in [4.78, 5) is 0.900. The molecule has 19 heavy (non-hydrogen) atoms. The van der Waals surface area contributed by atoms with E-state index in [1.165, 1.54) is 11.8 Å². The zero-order valence-electron chi connectivity index (χ0n) is 11.4. The summed E-state index contributed by atoms with van der Waals surface area (Å²) < 4.78 is 25.4. The van der Waals surface area contributed by atoms with Gasteiger partial charge in [0, 0.05) is 10.1 Å². The van der Waals surface area contributed by atoms with Crippen LogP contribution in [0.3, 0.4) is 0 Å². The maximum absolute atomic E-state index is 12.7. The Balaban J connectivity index is 2.78. The minimum Gasteiger partial charge on any atom is -0.386 e. The number of aliphatic hydroxyl groups excluding tert-OH is 1. The molecule has 1 nitrogen and oxygen atoms in total. The first kappa shape index (κ1) is 16.2. The lowest BCUT2D eigenvalue weighted by molar-refractivity contribution is -0.00460. The molecule has 1 aromatic carbocycles. The number of allylic oxidation sites excluding steroid dienone is 2. The lowest BCUT2D eigenvalue weighted by atomic mass is 10.1. The predicted octanol–water partition coefficient (Wildman–Crippen LogP) is 4.44. The smallest absolute Gasteiger partial charge is 0.265 e. The average molecular weight is 286 g/mol. The Kier molecular flexibility index (Phi) is 6.52. The molecule has 0 unspecified atom stereocenters. The monoisotopic (exact) mass is 286 g/mol. The number of rotatable bonds is 6.